The van der Waals surface area contributed by atoms with E-state index in [-0.39, 0.29) is 5.78 Å². The van der Waals surface area contributed by atoms with Gasteiger partial charge >= 0.3 is 0 Å². The van der Waals surface area contributed by atoms with E-state index in [1.54, 1.807) is 0 Å². The standard InChI is InChI=1S/C29H22Br2O3/c1-18-14-21(16-25-10-12-27(33-25)19-2-6-23(30)7-3-19)29(32)22(15-18)17-26-11-13-28(34-26)20-4-8-24(31)9-5-20/h2-13,16-18H,14-15H2,1H3. The molecule has 2 aromatic heterocycles. The first-order valence-electron chi connectivity index (χ1n) is 11.1. The molecule has 34 heavy (non-hydrogen) atoms. The van der Waals surface area contributed by atoms with E-state index >= 15 is 0 Å². The van der Waals surface area contributed by atoms with Gasteiger partial charge < -0.3 is 8.83 Å². The minimum absolute atomic E-state index is 0.0567. The summed E-state index contributed by atoms with van der Waals surface area (Å²) < 4.78 is 14.1. The molecule has 0 radical (unpaired) electrons. The molecule has 3 nitrogen and oxygen atoms in total. The second-order valence-corrected chi connectivity index (χ2v) is 10.4. The van der Waals surface area contributed by atoms with E-state index in [4.69, 9.17) is 8.83 Å². The van der Waals surface area contributed by atoms with Gasteiger partial charge in [-0.15, -0.1) is 0 Å². The number of rotatable bonds is 4. The molecule has 170 valence electrons. The zero-order valence-corrected chi connectivity index (χ0v) is 21.7. The zero-order chi connectivity index (χ0) is 23.7. The van der Waals surface area contributed by atoms with Crippen LogP contribution in [0.3, 0.4) is 0 Å². The van der Waals surface area contributed by atoms with Crippen LogP contribution in [0.2, 0.25) is 0 Å². The fourth-order valence-electron chi connectivity index (χ4n) is 4.21. The monoisotopic (exact) mass is 576 g/mol. The highest BCUT2D eigenvalue weighted by molar-refractivity contribution is 9.10. The second kappa shape index (κ2) is 9.77. The Morgan fingerprint density at radius 3 is 1.50 bits per heavy atom. The predicted octanol–water partition coefficient (Wildman–Crippen LogP) is 9.20. The van der Waals surface area contributed by atoms with Crippen molar-refractivity contribution in [2.24, 2.45) is 5.92 Å². The minimum Gasteiger partial charge on any atom is -0.457 e. The van der Waals surface area contributed by atoms with Crippen LogP contribution in [0.5, 0.6) is 0 Å². The van der Waals surface area contributed by atoms with E-state index < -0.39 is 0 Å². The van der Waals surface area contributed by atoms with Gasteiger partial charge in [0.05, 0.1) is 0 Å². The van der Waals surface area contributed by atoms with Gasteiger partial charge in [0, 0.05) is 31.2 Å². The minimum atomic E-state index is 0.0567. The van der Waals surface area contributed by atoms with Crippen LogP contribution in [-0.4, -0.2) is 5.78 Å². The molecule has 4 aromatic rings. The highest BCUT2D eigenvalue weighted by atomic mass is 79.9. The van der Waals surface area contributed by atoms with Gasteiger partial charge in [-0.1, -0.05) is 63.0 Å². The lowest BCUT2D eigenvalue weighted by atomic mass is 9.81. The van der Waals surface area contributed by atoms with Crippen LogP contribution in [0.1, 0.15) is 31.3 Å². The van der Waals surface area contributed by atoms with Crippen LogP contribution in [0.15, 0.2) is 102 Å². The Labute approximate surface area is 215 Å². The first-order valence-corrected chi connectivity index (χ1v) is 12.7. The highest BCUT2D eigenvalue weighted by Gasteiger charge is 2.26. The van der Waals surface area contributed by atoms with Crippen LogP contribution >= 0.6 is 31.9 Å². The Morgan fingerprint density at radius 2 is 1.09 bits per heavy atom. The quantitative estimate of drug-likeness (QED) is 0.227. The predicted molar refractivity (Wildman–Crippen MR) is 143 cm³/mol. The van der Waals surface area contributed by atoms with Crippen molar-refractivity contribution in [2.45, 2.75) is 19.8 Å². The molecule has 0 saturated heterocycles. The maximum absolute atomic E-state index is 13.3. The third-order valence-electron chi connectivity index (χ3n) is 5.86. The van der Waals surface area contributed by atoms with Gasteiger partial charge in [-0.05, 0) is 79.4 Å². The molecule has 2 aromatic carbocycles. The molecule has 0 unspecified atom stereocenters. The summed E-state index contributed by atoms with van der Waals surface area (Å²) in [7, 11) is 0. The van der Waals surface area contributed by atoms with Crippen molar-refractivity contribution in [2.75, 3.05) is 0 Å². The maximum Gasteiger partial charge on any atom is 0.185 e. The Bertz CT molecular complexity index is 1280. The topological polar surface area (TPSA) is 43.4 Å². The third-order valence-corrected chi connectivity index (χ3v) is 6.92. The molecule has 1 fully saturated rings. The SMILES string of the molecule is CC1CC(=Cc2ccc(-c3ccc(Br)cc3)o2)C(=O)C(=Cc2ccc(-c3ccc(Br)cc3)o2)C1. The fourth-order valence-corrected chi connectivity index (χ4v) is 4.74. The normalized spacial score (nSPS) is 18.7. The number of carbonyl (C=O) groups is 1. The molecule has 1 aliphatic rings. The van der Waals surface area contributed by atoms with Crippen molar-refractivity contribution in [1.29, 1.82) is 0 Å². The summed E-state index contributed by atoms with van der Waals surface area (Å²) >= 11 is 6.91. The van der Waals surface area contributed by atoms with Crippen molar-refractivity contribution in [1.82, 2.24) is 0 Å². The molecule has 0 N–H and O–H groups in total. The molecule has 0 spiro atoms. The van der Waals surface area contributed by atoms with E-state index in [0.29, 0.717) is 17.4 Å². The average molecular weight is 578 g/mol. The molecule has 0 bridgehead atoms. The Kier molecular flexibility index (Phi) is 6.57. The highest BCUT2D eigenvalue weighted by Crippen LogP contribution is 2.34. The largest absolute Gasteiger partial charge is 0.457 e. The Hall–Kier alpha value is -2.89. The number of carbonyl (C=O) groups excluding carboxylic acids is 1. The van der Waals surface area contributed by atoms with Crippen molar-refractivity contribution >= 4 is 49.8 Å². The fraction of sp³-hybridized carbons (Fsp3) is 0.138. The van der Waals surface area contributed by atoms with Crippen molar-refractivity contribution < 1.29 is 13.6 Å². The zero-order valence-electron chi connectivity index (χ0n) is 18.6. The van der Waals surface area contributed by atoms with Crippen LogP contribution in [0.4, 0.5) is 0 Å². The molecule has 5 heteroatoms. The summed E-state index contributed by atoms with van der Waals surface area (Å²) in [6, 6.07) is 23.6. The van der Waals surface area contributed by atoms with Crippen molar-refractivity contribution in [3.63, 3.8) is 0 Å². The van der Waals surface area contributed by atoms with Gasteiger partial charge in [0.25, 0.3) is 0 Å². The lowest BCUT2D eigenvalue weighted by Crippen LogP contribution is -2.18. The number of Topliss-reactive ketones (excluding diaryl/α,β-unsaturated/α-hetero) is 1. The molecule has 1 aliphatic carbocycles. The van der Waals surface area contributed by atoms with Gasteiger partial charge in [0.15, 0.2) is 5.78 Å². The molecule has 1 saturated carbocycles. The Balaban J connectivity index is 1.38. The van der Waals surface area contributed by atoms with Crippen LogP contribution in [-0.2, 0) is 4.79 Å². The third kappa shape index (κ3) is 5.11. The van der Waals surface area contributed by atoms with Gasteiger partial charge in [-0.2, -0.15) is 0 Å². The van der Waals surface area contributed by atoms with Gasteiger partial charge in [-0.25, -0.2) is 0 Å². The molecular weight excluding hydrogens is 556 g/mol. The molecule has 2 heterocycles. The van der Waals surface area contributed by atoms with Gasteiger partial charge in [-0.3, -0.25) is 4.79 Å². The smallest absolute Gasteiger partial charge is 0.185 e. The van der Waals surface area contributed by atoms with Gasteiger partial charge in [0.1, 0.15) is 23.0 Å². The van der Waals surface area contributed by atoms with Crippen molar-refractivity contribution in [3.05, 3.63) is 104 Å². The molecular formula is C29H22Br2O3. The summed E-state index contributed by atoms with van der Waals surface area (Å²) in [5, 5.41) is 0. The van der Waals surface area contributed by atoms with E-state index in [9.17, 15) is 4.79 Å². The second-order valence-electron chi connectivity index (χ2n) is 8.60. The van der Waals surface area contributed by atoms with Crippen molar-refractivity contribution in [3.8, 4) is 22.6 Å². The lowest BCUT2D eigenvalue weighted by molar-refractivity contribution is -0.113. The number of ketones is 1. The molecule has 0 aliphatic heterocycles. The summed E-state index contributed by atoms with van der Waals surface area (Å²) in [6.45, 7) is 2.17. The number of furan rings is 2. The van der Waals surface area contributed by atoms with E-state index in [1.165, 1.54) is 0 Å². The maximum atomic E-state index is 13.3. The van der Waals surface area contributed by atoms with E-state index in [0.717, 1.165) is 55.6 Å². The summed E-state index contributed by atoms with van der Waals surface area (Å²) in [5.41, 5.74) is 3.52. The van der Waals surface area contributed by atoms with Crippen LogP contribution < -0.4 is 0 Å². The number of hydrogen-bond donors (Lipinski definition) is 0. The van der Waals surface area contributed by atoms with Crippen LogP contribution in [0.25, 0.3) is 34.8 Å². The molecule has 0 atom stereocenters. The number of halogens is 2. The number of benzene rings is 2. The summed E-state index contributed by atoms with van der Waals surface area (Å²) in [5.74, 6) is 3.35. The van der Waals surface area contributed by atoms with E-state index in [1.807, 2.05) is 84.9 Å². The summed E-state index contributed by atoms with van der Waals surface area (Å²) in [6.07, 6.45) is 5.22. The molecule has 5 rings (SSSR count). The van der Waals surface area contributed by atoms with Crippen LogP contribution in [0, 0.1) is 5.92 Å². The Morgan fingerprint density at radius 1 is 0.676 bits per heavy atom. The molecule has 0 amide bonds. The first kappa shape index (κ1) is 22.9. The number of hydrogen-bond acceptors (Lipinski definition) is 3. The van der Waals surface area contributed by atoms with E-state index in [2.05, 4.69) is 38.8 Å². The average Bonchev–Trinajstić information content (AvgIpc) is 3.48. The lowest BCUT2D eigenvalue weighted by Gasteiger charge is -2.22. The summed E-state index contributed by atoms with van der Waals surface area (Å²) in [4.78, 5) is 13.3. The van der Waals surface area contributed by atoms with Gasteiger partial charge in [0.2, 0.25) is 0 Å². The number of allylic oxidation sites excluding steroid dienone is 2. The first-order chi connectivity index (χ1) is 16.4.